The second kappa shape index (κ2) is 5.72. The van der Waals surface area contributed by atoms with Crippen molar-refractivity contribution in [2.75, 3.05) is 20.1 Å². The van der Waals surface area contributed by atoms with Crippen LogP contribution in [0.2, 0.25) is 0 Å². The van der Waals surface area contributed by atoms with E-state index in [1.54, 1.807) is 0 Å². The first-order valence-corrected chi connectivity index (χ1v) is 7.41. The van der Waals surface area contributed by atoms with Crippen LogP contribution in [-0.2, 0) is 6.42 Å². The van der Waals surface area contributed by atoms with Crippen molar-refractivity contribution in [1.29, 1.82) is 5.26 Å². The molecule has 1 saturated heterocycles. The second-order valence-electron chi connectivity index (χ2n) is 5.07. The highest BCUT2D eigenvalue weighted by molar-refractivity contribution is 7.14. The molecular formula is C14H19N3OS. The van der Waals surface area contributed by atoms with Crippen molar-refractivity contribution in [3.63, 3.8) is 0 Å². The number of carbonyl (C=O) groups excluding carboxylic acids is 1. The van der Waals surface area contributed by atoms with E-state index in [1.165, 1.54) is 16.2 Å². The fraction of sp³-hybridized carbons (Fsp3) is 0.571. The van der Waals surface area contributed by atoms with Crippen LogP contribution < -0.4 is 5.32 Å². The van der Waals surface area contributed by atoms with Gasteiger partial charge in [-0.2, -0.15) is 5.26 Å². The van der Waals surface area contributed by atoms with Gasteiger partial charge in [-0.15, -0.1) is 11.3 Å². The van der Waals surface area contributed by atoms with Gasteiger partial charge in [0.15, 0.2) is 0 Å². The number of hydrogen-bond acceptors (Lipinski definition) is 4. The summed E-state index contributed by atoms with van der Waals surface area (Å²) in [7, 11) is 2.04. The molecule has 0 aliphatic carbocycles. The van der Waals surface area contributed by atoms with E-state index in [2.05, 4.69) is 23.2 Å². The van der Waals surface area contributed by atoms with Crippen LogP contribution in [0.3, 0.4) is 0 Å². The number of aryl methyl sites for hydroxylation is 1. The predicted octanol–water partition coefficient (Wildman–Crippen LogP) is 2.03. The van der Waals surface area contributed by atoms with Gasteiger partial charge in [-0.3, -0.25) is 4.79 Å². The molecule has 1 amide bonds. The van der Waals surface area contributed by atoms with Gasteiger partial charge in [0.05, 0.1) is 10.9 Å². The molecule has 0 aromatic carbocycles. The Hall–Kier alpha value is -1.38. The largest absolute Gasteiger partial charge is 0.333 e. The summed E-state index contributed by atoms with van der Waals surface area (Å²) in [4.78, 5) is 16.3. The molecule has 1 N–H and O–H groups in total. The second-order valence-corrected chi connectivity index (χ2v) is 6.24. The Bertz CT molecular complexity index is 495. The van der Waals surface area contributed by atoms with E-state index in [-0.39, 0.29) is 5.91 Å². The first kappa shape index (κ1) is 14.0. The van der Waals surface area contributed by atoms with E-state index in [9.17, 15) is 10.1 Å². The quantitative estimate of drug-likeness (QED) is 0.919. The van der Waals surface area contributed by atoms with E-state index in [4.69, 9.17) is 0 Å². The van der Waals surface area contributed by atoms with E-state index in [0.717, 1.165) is 19.5 Å². The van der Waals surface area contributed by atoms with Crippen LogP contribution in [0, 0.1) is 11.3 Å². The van der Waals surface area contributed by atoms with Crippen molar-refractivity contribution in [3.05, 3.63) is 21.9 Å². The summed E-state index contributed by atoms with van der Waals surface area (Å²) in [5.41, 5.74) is -0.694. The zero-order chi connectivity index (χ0) is 13.9. The van der Waals surface area contributed by atoms with Crippen LogP contribution in [-0.4, -0.2) is 36.5 Å². The number of likely N-dealkylation sites (tertiary alicyclic amines) is 1. The van der Waals surface area contributed by atoms with Crippen LogP contribution in [0.1, 0.15) is 34.3 Å². The number of amides is 1. The molecule has 1 aliphatic rings. The average Bonchev–Trinajstić information content (AvgIpc) is 2.91. The Kier molecular flexibility index (Phi) is 4.23. The average molecular weight is 277 g/mol. The van der Waals surface area contributed by atoms with Crippen molar-refractivity contribution in [3.8, 4) is 6.07 Å². The topological polar surface area (TPSA) is 56.1 Å². The van der Waals surface area contributed by atoms with Crippen LogP contribution in [0.5, 0.6) is 0 Å². The molecule has 1 aromatic rings. The number of thiophene rings is 1. The van der Waals surface area contributed by atoms with Gasteiger partial charge in [0.25, 0.3) is 5.91 Å². The van der Waals surface area contributed by atoms with Crippen LogP contribution >= 0.6 is 11.3 Å². The maximum atomic E-state index is 12.2. The van der Waals surface area contributed by atoms with E-state index in [1.807, 2.05) is 19.2 Å². The van der Waals surface area contributed by atoms with E-state index in [0.29, 0.717) is 17.7 Å². The molecule has 0 saturated carbocycles. The first-order valence-electron chi connectivity index (χ1n) is 6.59. The van der Waals surface area contributed by atoms with Crippen molar-refractivity contribution in [1.82, 2.24) is 10.2 Å². The third-order valence-electron chi connectivity index (χ3n) is 3.64. The van der Waals surface area contributed by atoms with E-state index < -0.39 is 5.54 Å². The molecule has 1 aromatic heterocycles. The first-order chi connectivity index (χ1) is 9.08. The Morgan fingerprint density at radius 3 is 2.74 bits per heavy atom. The number of rotatable bonds is 3. The van der Waals surface area contributed by atoms with Crippen molar-refractivity contribution in [2.45, 2.75) is 31.7 Å². The number of nitrogens with one attached hydrogen (secondary N) is 1. The molecule has 4 nitrogen and oxygen atoms in total. The number of nitrogens with zero attached hydrogens (tertiary/aromatic N) is 2. The summed E-state index contributed by atoms with van der Waals surface area (Å²) >= 11 is 1.51. The van der Waals surface area contributed by atoms with Crippen molar-refractivity contribution in [2.24, 2.45) is 0 Å². The fourth-order valence-electron chi connectivity index (χ4n) is 2.23. The molecule has 2 heterocycles. The highest BCUT2D eigenvalue weighted by Crippen LogP contribution is 2.23. The van der Waals surface area contributed by atoms with Crippen LogP contribution in [0.4, 0.5) is 0 Å². The smallest absolute Gasteiger partial charge is 0.262 e. The molecule has 5 heteroatoms. The lowest BCUT2D eigenvalue weighted by molar-refractivity contribution is 0.0886. The van der Waals surface area contributed by atoms with Gasteiger partial charge in [0.2, 0.25) is 0 Å². The van der Waals surface area contributed by atoms with Gasteiger partial charge < -0.3 is 10.2 Å². The Balaban J connectivity index is 2.06. The van der Waals surface area contributed by atoms with Crippen molar-refractivity contribution < 1.29 is 4.79 Å². The van der Waals surface area contributed by atoms with E-state index >= 15 is 0 Å². The molecule has 0 radical (unpaired) electrons. The third-order valence-corrected chi connectivity index (χ3v) is 4.87. The predicted molar refractivity (Wildman–Crippen MR) is 76.2 cm³/mol. The minimum Gasteiger partial charge on any atom is -0.333 e. The molecule has 102 valence electrons. The van der Waals surface area contributed by atoms with Crippen LogP contribution in [0.25, 0.3) is 0 Å². The summed E-state index contributed by atoms with van der Waals surface area (Å²) in [5, 5.41) is 12.3. The zero-order valence-electron chi connectivity index (χ0n) is 11.4. The summed E-state index contributed by atoms with van der Waals surface area (Å²) in [6.07, 6.45) is 2.32. The molecule has 1 fully saturated rings. The lowest BCUT2D eigenvalue weighted by Crippen LogP contribution is -2.53. The standard InChI is InChI=1S/C14H19N3OS/c1-3-11-4-5-12(19-11)13(18)16-14(10-15)6-8-17(2)9-7-14/h4-5H,3,6-9H2,1-2H3,(H,16,18). The molecule has 19 heavy (non-hydrogen) atoms. The van der Waals surface area contributed by atoms with Gasteiger partial charge >= 0.3 is 0 Å². The summed E-state index contributed by atoms with van der Waals surface area (Å²) in [5.74, 6) is -0.115. The zero-order valence-corrected chi connectivity index (χ0v) is 12.2. The van der Waals surface area contributed by atoms with Gasteiger partial charge in [-0.25, -0.2) is 0 Å². The van der Waals surface area contributed by atoms with Crippen LogP contribution in [0.15, 0.2) is 12.1 Å². The lowest BCUT2D eigenvalue weighted by atomic mass is 9.89. The summed E-state index contributed by atoms with van der Waals surface area (Å²) < 4.78 is 0. The third kappa shape index (κ3) is 3.14. The van der Waals surface area contributed by atoms with Crippen molar-refractivity contribution >= 4 is 17.2 Å². The fourth-order valence-corrected chi connectivity index (χ4v) is 3.08. The van der Waals surface area contributed by atoms with Gasteiger partial charge in [0.1, 0.15) is 5.54 Å². The SMILES string of the molecule is CCc1ccc(C(=O)NC2(C#N)CCN(C)CC2)s1. The molecule has 0 bridgehead atoms. The lowest BCUT2D eigenvalue weighted by Gasteiger charge is -2.35. The highest BCUT2D eigenvalue weighted by Gasteiger charge is 2.35. The Labute approximate surface area is 118 Å². The summed E-state index contributed by atoms with van der Waals surface area (Å²) in [6.45, 7) is 3.76. The molecule has 0 spiro atoms. The maximum absolute atomic E-state index is 12.2. The Morgan fingerprint density at radius 1 is 1.53 bits per heavy atom. The molecule has 0 atom stereocenters. The molecule has 2 rings (SSSR count). The van der Waals surface area contributed by atoms with Gasteiger partial charge in [-0.1, -0.05) is 6.92 Å². The monoisotopic (exact) mass is 277 g/mol. The Morgan fingerprint density at radius 2 is 2.21 bits per heavy atom. The minimum absolute atomic E-state index is 0.115. The minimum atomic E-state index is -0.694. The highest BCUT2D eigenvalue weighted by atomic mass is 32.1. The summed E-state index contributed by atoms with van der Waals surface area (Å²) in [6, 6.07) is 6.13. The normalized spacial score (nSPS) is 18.8. The number of piperidine rings is 1. The van der Waals surface area contributed by atoms with Gasteiger partial charge in [0, 0.05) is 18.0 Å². The number of hydrogen-bond donors (Lipinski definition) is 1. The number of carbonyl (C=O) groups is 1. The number of nitriles is 1. The van der Waals surface area contributed by atoms with Gasteiger partial charge in [-0.05, 0) is 38.4 Å². The molecule has 1 aliphatic heterocycles. The maximum Gasteiger partial charge on any atom is 0.262 e. The molecular weight excluding hydrogens is 258 g/mol. The molecule has 0 unspecified atom stereocenters.